The third-order valence-corrected chi connectivity index (χ3v) is 1.25. The van der Waals surface area contributed by atoms with E-state index < -0.39 is 0 Å². The van der Waals surface area contributed by atoms with Crippen LogP contribution in [0.3, 0.4) is 0 Å². The van der Waals surface area contributed by atoms with E-state index in [0.29, 0.717) is 0 Å². The van der Waals surface area contributed by atoms with E-state index in [9.17, 15) is 0 Å². The minimum atomic E-state index is 0.744. The van der Waals surface area contributed by atoms with E-state index in [-0.39, 0.29) is 0 Å². The molecule has 0 aliphatic carbocycles. The Labute approximate surface area is 65.0 Å². The zero-order valence-corrected chi connectivity index (χ0v) is 6.15. The molecular weight excluding hydrogens is 138 g/mol. The summed E-state index contributed by atoms with van der Waals surface area (Å²) in [6.45, 7) is 1.83. The smallest absolute Gasteiger partial charge is 0.0915 e. The molecule has 54 valence electrons. The SMILES string of the molecule is CC(=CC#N)c1cnccn1. The first kappa shape index (κ1) is 7.42. The van der Waals surface area contributed by atoms with Crippen molar-refractivity contribution in [3.8, 4) is 6.07 Å². The summed E-state index contributed by atoms with van der Waals surface area (Å²) in [4.78, 5) is 7.89. The number of aromatic nitrogens is 2. The van der Waals surface area contributed by atoms with Gasteiger partial charge in [-0.1, -0.05) is 0 Å². The van der Waals surface area contributed by atoms with Crippen molar-refractivity contribution in [1.29, 1.82) is 5.26 Å². The molecule has 0 aliphatic rings. The Morgan fingerprint density at radius 2 is 2.45 bits per heavy atom. The van der Waals surface area contributed by atoms with E-state index in [0.717, 1.165) is 11.3 Å². The van der Waals surface area contributed by atoms with Gasteiger partial charge in [0, 0.05) is 18.5 Å². The number of rotatable bonds is 1. The van der Waals surface area contributed by atoms with Crippen LogP contribution in [0.4, 0.5) is 0 Å². The molecule has 0 aliphatic heterocycles. The van der Waals surface area contributed by atoms with E-state index >= 15 is 0 Å². The molecule has 0 bridgehead atoms. The van der Waals surface area contributed by atoms with Crippen molar-refractivity contribution in [1.82, 2.24) is 9.97 Å². The second-order valence-corrected chi connectivity index (χ2v) is 2.05. The van der Waals surface area contributed by atoms with Crippen molar-refractivity contribution < 1.29 is 0 Å². The summed E-state index contributed by atoms with van der Waals surface area (Å²) < 4.78 is 0. The first-order chi connectivity index (χ1) is 5.34. The highest BCUT2D eigenvalue weighted by atomic mass is 14.8. The zero-order chi connectivity index (χ0) is 8.10. The lowest BCUT2D eigenvalue weighted by atomic mass is 10.2. The van der Waals surface area contributed by atoms with E-state index in [1.165, 1.54) is 6.08 Å². The van der Waals surface area contributed by atoms with Gasteiger partial charge in [0.25, 0.3) is 0 Å². The van der Waals surface area contributed by atoms with Gasteiger partial charge in [-0.25, -0.2) is 0 Å². The lowest BCUT2D eigenvalue weighted by Gasteiger charge is -1.94. The molecule has 0 fully saturated rings. The fourth-order valence-corrected chi connectivity index (χ4v) is 0.673. The maximum atomic E-state index is 8.32. The van der Waals surface area contributed by atoms with Crippen molar-refractivity contribution in [2.75, 3.05) is 0 Å². The number of nitrogens with zero attached hydrogens (tertiary/aromatic N) is 3. The fourth-order valence-electron chi connectivity index (χ4n) is 0.673. The van der Waals surface area contributed by atoms with Gasteiger partial charge in [0.15, 0.2) is 0 Å². The van der Waals surface area contributed by atoms with Crippen LogP contribution >= 0.6 is 0 Å². The van der Waals surface area contributed by atoms with Gasteiger partial charge in [-0.05, 0) is 12.5 Å². The summed E-state index contributed by atoms with van der Waals surface area (Å²) in [6.07, 6.45) is 6.28. The van der Waals surface area contributed by atoms with Gasteiger partial charge in [-0.15, -0.1) is 0 Å². The Balaban J connectivity index is 2.96. The highest BCUT2D eigenvalue weighted by molar-refractivity contribution is 5.61. The fraction of sp³-hybridized carbons (Fsp3) is 0.125. The standard InChI is InChI=1S/C8H7N3/c1-7(2-3-9)8-6-10-4-5-11-8/h2,4-6H,1H3. The first-order valence-electron chi connectivity index (χ1n) is 3.17. The number of nitriles is 1. The average molecular weight is 145 g/mol. The minimum absolute atomic E-state index is 0.744. The summed E-state index contributed by atoms with van der Waals surface area (Å²) in [6, 6.07) is 1.94. The predicted octanol–water partition coefficient (Wildman–Crippen LogP) is 1.40. The molecule has 0 radical (unpaired) electrons. The van der Waals surface area contributed by atoms with Crippen LogP contribution < -0.4 is 0 Å². The average Bonchev–Trinajstić information content (AvgIpc) is 2.07. The Kier molecular flexibility index (Phi) is 2.34. The third-order valence-electron chi connectivity index (χ3n) is 1.25. The van der Waals surface area contributed by atoms with Crippen molar-refractivity contribution in [2.24, 2.45) is 0 Å². The second kappa shape index (κ2) is 3.47. The van der Waals surface area contributed by atoms with E-state index in [1.54, 1.807) is 18.6 Å². The van der Waals surface area contributed by atoms with Crippen molar-refractivity contribution in [3.05, 3.63) is 30.4 Å². The topological polar surface area (TPSA) is 49.6 Å². The van der Waals surface area contributed by atoms with Crippen LogP contribution in [-0.4, -0.2) is 9.97 Å². The molecule has 1 rings (SSSR count). The summed E-state index contributed by atoms with van der Waals surface area (Å²) in [5.41, 5.74) is 1.58. The Morgan fingerprint density at radius 1 is 1.64 bits per heavy atom. The quantitative estimate of drug-likeness (QED) is 0.561. The molecule has 1 aromatic rings. The van der Waals surface area contributed by atoms with Gasteiger partial charge in [-0.2, -0.15) is 5.26 Å². The molecule has 0 saturated carbocycles. The molecule has 0 N–H and O–H groups in total. The van der Waals surface area contributed by atoms with Crippen molar-refractivity contribution in [2.45, 2.75) is 6.92 Å². The van der Waals surface area contributed by atoms with Gasteiger partial charge < -0.3 is 0 Å². The third kappa shape index (κ3) is 1.87. The zero-order valence-electron chi connectivity index (χ0n) is 6.15. The van der Waals surface area contributed by atoms with E-state index in [4.69, 9.17) is 5.26 Å². The Bertz CT molecular complexity index is 295. The molecule has 0 unspecified atom stereocenters. The second-order valence-electron chi connectivity index (χ2n) is 2.05. The van der Waals surface area contributed by atoms with Gasteiger partial charge >= 0.3 is 0 Å². The first-order valence-corrected chi connectivity index (χ1v) is 3.17. The van der Waals surface area contributed by atoms with Crippen LogP contribution in [0.5, 0.6) is 0 Å². The molecule has 0 saturated heterocycles. The van der Waals surface area contributed by atoms with Crippen LogP contribution in [0.15, 0.2) is 24.7 Å². The summed E-state index contributed by atoms with van der Waals surface area (Å²) in [5, 5.41) is 8.32. The molecule has 0 aromatic carbocycles. The molecule has 3 nitrogen and oxygen atoms in total. The summed E-state index contributed by atoms with van der Waals surface area (Å²) in [5.74, 6) is 0. The van der Waals surface area contributed by atoms with Crippen molar-refractivity contribution >= 4 is 5.57 Å². The molecule has 3 heteroatoms. The van der Waals surface area contributed by atoms with Crippen LogP contribution in [0, 0.1) is 11.3 Å². The highest BCUT2D eigenvalue weighted by Gasteiger charge is 1.93. The van der Waals surface area contributed by atoms with Crippen molar-refractivity contribution in [3.63, 3.8) is 0 Å². The predicted molar refractivity (Wildman–Crippen MR) is 41.3 cm³/mol. The number of hydrogen-bond donors (Lipinski definition) is 0. The van der Waals surface area contributed by atoms with Crippen LogP contribution in [-0.2, 0) is 0 Å². The van der Waals surface area contributed by atoms with E-state index in [2.05, 4.69) is 9.97 Å². The molecule has 1 aromatic heterocycles. The molecule has 0 atom stereocenters. The van der Waals surface area contributed by atoms with Crippen LogP contribution in [0.1, 0.15) is 12.6 Å². The molecule has 0 amide bonds. The maximum absolute atomic E-state index is 8.32. The maximum Gasteiger partial charge on any atom is 0.0915 e. The number of allylic oxidation sites excluding steroid dienone is 2. The largest absolute Gasteiger partial charge is 0.261 e. The van der Waals surface area contributed by atoms with Gasteiger partial charge in [0.05, 0.1) is 18.0 Å². The Hall–Kier alpha value is -1.69. The normalized spacial score (nSPS) is 10.7. The minimum Gasteiger partial charge on any atom is -0.261 e. The van der Waals surface area contributed by atoms with Gasteiger partial charge in [0.2, 0.25) is 0 Å². The lowest BCUT2D eigenvalue weighted by Crippen LogP contribution is -1.85. The Morgan fingerprint density at radius 3 is 3.00 bits per heavy atom. The molecule has 11 heavy (non-hydrogen) atoms. The van der Waals surface area contributed by atoms with E-state index in [1.807, 2.05) is 13.0 Å². The molecule has 0 spiro atoms. The monoisotopic (exact) mass is 145 g/mol. The van der Waals surface area contributed by atoms with Crippen LogP contribution in [0.2, 0.25) is 0 Å². The van der Waals surface area contributed by atoms with Crippen LogP contribution in [0.25, 0.3) is 5.57 Å². The summed E-state index contributed by atoms with van der Waals surface area (Å²) in [7, 11) is 0. The molecular formula is C8H7N3. The molecule has 1 heterocycles. The lowest BCUT2D eigenvalue weighted by molar-refractivity contribution is 1.16. The number of hydrogen-bond acceptors (Lipinski definition) is 3. The highest BCUT2D eigenvalue weighted by Crippen LogP contribution is 2.06. The van der Waals surface area contributed by atoms with Gasteiger partial charge in [-0.3, -0.25) is 9.97 Å². The van der Waals surface area contributed by atoms with Gasteiger partial charge in [0.1, 0.15) is 0 Å². The summed E-state index contributed by atoms with van der Waals surface area (Å²) >= 11 is 0.